The largest absolute Gasteiger partial charge is 0.456 e. The molecule has 0 radical (unpaired) electrons. The quantitative estimate of drug-likeness (QED) is 0.215. The molecule has 1 aliphatic rings. The van der Waals surface area contributed by atoms with Crippen molar-refractivity contribution in [2.45, 2.75) is 45.4 Å². The first kappa shape index (κ1) is 24.0. The number of hydrogen-bond donors (Lipinski definition) is 1. The maximum atomic E-state index is 6.41. The Morgan fingerprint density at radius 1 is 1.03 bits per heavy atom. The number of ether oxygens (including phenoxy) is 3. The number of benzene rings is 2. The summed E-state index contributed by atoms with van der Waals surface area (Å²) < 4.78 is 20.5. The van der Waals surface area contributed by atoms with E-state index in [1.54, 1.807) is 0 Å². The fraction of sp³-hybridized carbons (Fsp3) is 0.400. The summed E-state index contributed by atoms with van der Waals surface area (Å²) in [6, 6.07) is 14.7. The predicted molar refractivity (Wildman–Crippen MR) is 136 cm³/mol. The summed E-state index contributed by atoms with van der Waals surface area (Å²) in [7, 11) is -1.20. The smallest absolute Gasteiger partial charge is 0.137 e. The summed E-state index contributed by atoms with van der Waals surface area (Å²) in [5.41, 5.74) is 9.23. The van der Waals surface area contributed by atoms with Crippen molar-refractivity contribution in [1.82, 2.24) is 9.55 Å². The van der Waals surface area contributed by atoms with E-state index in [4.69, 9.17) is 36.5 Å². The van der Waals surface area contributed by atoms with E-state index >= 15 is 0 Å². The molecule has 0 saturated heterocycles. The molecule has 0 atom stereocenters. The van der Waals surface area contributed by atoms with E-state index in [-0.39, 0.29) is 0 Å². The number of hydrogen-bond acceptors (Lipinski definition) is 5. The molecule has 2 N–H and O–H groups in total. The second-order valence-corrected chi connectivity index (χ2v) is 15.5. The van der Waals surface area contributed by atoms with E-state index < -0.39 is 8.07 Å². The Bertz CT molecular complexity index is 1110. The molecule has 2 heterocycles. The highest BCUT2D eigenvalue weighted by molar-refractivity contribution is 6.76. The van der Waals surface area contributed by atoms with Crippen LogP contribution in [0.25, 0.3) is 22.5 Å². The highest BCUT2D eigenvalue weighted by Crippen LogP contribution is 2.47. The number of rotatable bonds is 10. The molecular formula is C25H32ClN3O3Si. The second kappa shape index (κ2) is 10.4. The first-order chi connectivity index (χ1) is 15.9. The number of halogens is 1. The Morgan fingerprint density at radius 2 is 1.82 bits per heavy atom. The number of nitrogens with zero attached hydrogens (tertiary/aromatic N) is 2. The molecule has 6 nitrogen and oxygen atoms in total. The lowest BCUT2D eigenvalue weighted by Gasteiger charge is -2.18. The molecule has 0 amide bonds. The summed E-state index contributed by atoms with van der Waals surface area (Å²) in [5, 5.41) is 0.641. The van der Waals surface area contributed by atoms with Crippen molar-refractivity contribution in [1.29, 1.82) is 0 Å². The monoisotopic (exact) mass is 485 g/mol. The number of imidazole rings is 1. The van der Waals surface area contributed by atoms with E-state index in [0.29, 0.717) is 38.1 Å². The summed E-state index contributed by atoms with van der Waals surface area (Å²) in [5.74, 6) is 2.32. The van der Waals surface area contributed by atoms with Crippen LogP contribution in [-0.4, -0.2) is 37.4 Å². The van der Waals surface area contributed by atoms with Crippen LogP contribution in [0.3, 0.4) is 0 Å². The van der Waals surface area contributed by atoms with Crippen LogP contribution in [-0.2, 0) is 22.8 Å². The van der Waals surface area contributed by atoms with E-state index in [1.165, 1.54) is 0 Å². The predicted octanol–water partition coefficient (Wildman–Crippen LogP) is 6.15. The Morgan fingerprint density at radius 3 is 2.61 bits per heavy atom. The third-order valence-corrected chi connectivity index (χ3v) is 7.49. The molecule has 0 bridgehead atoms. The fourth-order valence-corrected chi connectivity index (χ4v) is 4.67. The molecule has 8 heteroatoms. The van der Waals surface area contributed by atoms with Crippen LogP contribution in [0.4, 0.5) is 0 Å². The molecule has 1 aromatic heterocycles. The van der Waals surface area contributed by atoms with Gasteiger partial charge in [-0.15, -0.1) is 0 Å². The van der Waals surface area contributed by atoms with Gasteiger partial charge in [-0.2, -0.15) is 0 Å². The van der Waals surface area contributed by atoms with Gasteiger partial charge in [-0.05, 0) is 49.3 Å². The van der Waals surface area contributed by atoms with Crippen molar-refractivity contribution in [3.05, 3.63) is 53.3 Å². The minimum Gasteiger partial charge on any atom is -0.456 e. The van der Waals surface area contributed by atoms with Crippen LogP contribution >= 0.6 is 11.6 Å². The molecule has 0 spiro atoms. The number of aromatic nitrogens is 2. The summed E-state index contributed by atoms with van der Waals surface area (Å²) >= 11 is 6.41. The SMILES string of the molecule is C[Si](C)(C)CCOCn1c(COCCCN)nc2c1-c1cc(Cl)ccc1Oc1ccccc1-2. The van der Waals surface area contributed by atoms with Crippen LogP contribution in [0.2, 0.25) is 30.7 Å². The highest BCUT2D eigenvalue weighted by Gasteiger charge is 2.28. The average molecular weight is 486 g/mol. The Hall–Kier alpha value is -2.16. The van der Waals surface area contributed by atoms with Crippen LogP contribution in [0.1, 0.15) is 12.2 Å². The first-order valence-electron chi connectivity index (χ1n) is 11.4. The molecule has 0 fully saturated rings. The third-order valence-electron chi connectivity index (χ3n) is 5.55. The van der Waals surface area contributed by atoms with Gasteiger partial charge in [-0.3, -0.25) is 0 Å². The zero-order valence-electron chi connectivity index (χ0n) is 19.6. The maximum absolute atomic E-state index is 6.41. The number of nitrogens with two attached hydrogens (primary N) is 1. The van der Waals surface area contributed by atoms with E-state index in [9.17, 15) is 0 Å². The molecule has 3 aromatic rings. The molecule has 0 unspecified atom stereocenters. The summed E-state index contributed by atoms with van der Waals surface area (Å²) in [4.78, 5) is 5.02. The van der Waals surface area contributed by atoms with Crippen molar-refractivity contribution in [2.24, 2.45) is 5.73 Å². The van der Waals surface area contributed by atoms with Crippen molar-refractivity contribution in [2.75, 3.05) is 19.8 Å². The minimum atomic E-state index is -1.20. The van der Waals surface area contributed by atoms with E-state index in [2.05, 4.69) is 24.2 Å². The van der Waals surface area contributed by atoms with Gasteiger partial charge in [0.15, 0.2) is 0 Å². The van der Waals surface area contributed by atoms with Gasteiger partial charge in [0, 0.05) is 37.4 Å². The lowest BCUT2D eigenvalue weighted by molar-refractivity contribution is 0.0721. The van der Waals surface area contributed by atoms with Gasteiger partial charge in [0.2, 0.25) is 0 Å². The fourth-order valence-electron chi connectivity index (χ4n) is 3.74. The topological polar surface area (TPSA) is 71.5 Å². The van der Waals surface area contributed by atoms with Crippen molar-refractivity contribution in [3.8, 4) is 34.0 Å². The van der Waals surface area contributed by atoms with Gasteiger partial charge in [0.05, 0.1) is 5.69 Å². The zero-order valence-corrected chi connectivity index (χ0v) is 21.3. The van der Waals surface area contributed by atoms with Gasteiger partial charge in [0.25, 0.3) is 0 Å². The van der Waals surface area contributed by atoms with Crippen molar-refractivity contribution in [3.63, 3.8) is 0 Å². The van der Waals surface area contributed by atoms with Crippen LogP contribution in [0, 0.1) is 0 Å². The zero-order chi connectivity index (χ0) is 23.4. The van der Waals surface area contributed by atoms with Gasteiger partial charge < -0.3 is 24.5 Å². The molecule has 0 saturated carbocycles. The van der Waals surface area contributed by atoms with Gasteiger partial charge >= 0.3 is 0 Å². The molecule has 1 aliphatic heterocycles. The van der Waals surface area contributed by atoms with Crippen LogP contribution in [0.5, 0.6) is 11.5 Å². The third kappa shape index (κ3) is 5.67. The van der Waals surface area contributed by atoms with E-state index in [1.807, 2.05) is 42.5 Å². The Balaban J connectivity index is 1.78. The Labute approximate surface area is 201 Å². The van der Waals surface area contributed by atoms with Gasteiger partial charge in [-0.1, -0.05) is 43.4 Å². The Kier molecular flexibility index (Phi) is 7.56. The van der Waals surface area contributed by atoms with E-state index in [0.717, 1.165) is 52.3 Å². The summed E-state index contributed by atoms with van der Waals surface area (Å²) in [6.45, 7) is 9.72. The highest BCUT2D eigenvalue weighted by atomic mass is 35.5. The molecule has 33 heavy (non-hydrogen) atoms. The second-order valence-electron chi connectivity index (χ2n) is 9.43. The first-order valence-corrected chi connectivity index (χ1v) is 15.5. The molecule has 2 aromatic carbocycles. The minimum absolute atomic E-state index is 0.378. The molecular weight excluding hydrogens is 454 g/mol. The van der Waals surface area contributed by atoms with Crippen LogP contribution < -0.4 is 10.5 Å². The van der Waals surface area contributed by atoms with Gasteiger partial charge in [0.1, 0.15) is 36.4 Å². The van der Waals surface area contributed by atoms with Gasteiger partial charge in [-0.25, -0.2) is 4.98 Å². The maximum Gasteiger partial charge on any atom is 0.137 e. The van der Waals surface area contributed by atoms with Crippen LogP contribution in [0.15, 0.2) is 42.5 Å². The molecule has 4 rings (SSSR count). The summed E-state index contributed by atoms with van der Waals surface area (Å²) in [6.07, 6.45) is 0.808. The average Bonchev–Trinajstić information content (AvgIpc) is 3.06. The molecule has 176 valence electrons. The number of fused-ring (bicyclic) bond motifs is 5. The van der Waals surface area contributed by atoms with Crippen molar-refractivity contribution < 1.29 is 14.2 Å². The normalized spacial score (nSPS) is 12.5. The number of para-hydroxylation sites is 1. The van der Waals surface area contributed by atoms with Crippen molar-refractivity contribution >= 4 is 19.7 Å². The molecule has 0 aliphatic carbocycles. The lowest BCUT2D eigenvalue weighted by Crippen LogP contribution is -2.22. The standard InChI is InChI=1S/C25H32ClN3O3Si/c1-33(2,3)14-13-31-17-29-23(16-30-12-6-11-27)28-24-19-7-4-5-8-21(19)32-22-10-9-18(26)15-20(22)25(24)29/h4-5,7-10,15H,6,11-14,16-17,27H2,1-3H3. The lowest BCUT2D eigenvalue weighted by atomic mass is 10.0.